The fraction of sp³-hybridized carbons (Fsp3) is 0.161. The Kier molecular flexibility index (Phi) is 9.06. The SMILES string of the molecule is O=C(NCc1ccccc1)C(Cc1ccccc1)N(Cc1ccc(F)cc1)C(=O)Cc1ccc(Cl)cc1. The van der Waals surface area contributed by atoms with Gasteiger partial charge in [0.2, 0.25) is 11.8 Å². The minimum Gasteiger partial charge on any atom is -0.350 e. The quantitative estimate of drug-likeness (QED) is 0.283. The van der Waals surface area contributed by atoms with E-state index < -0.39 is 6.04 Å². The number of nitrogens with one attached hydrogen (secondary N) is 1. The molecule has 4 aromatic carbocycles. The molecule has 0 saturated heterocycles. The van der Waals surface area contributed by atoms with Crippen molar-refractivity contribution in [3.63, 3.8) is 0 Å². The number of carbonyl (C=O) groups excluding carboxylic acids is 2. The normalized spacial score (nSPS) is 11.5. The Hall–Kier alpha value is -3.96. The van der Waals surface area contributed by atoms with E-state index in [0.29, 0.717) is 18.0 Å². The number of rotatable bonds is 10. The Bertz CT molecular complexity index is 1300. The summed E-state index contributed by atoms with van der Waals surface area (Å²) in [5.41, 5.74) is 3.43. The van der Waals surface area contributed by atoms with Gasteiger partial charge >= 0.3 is 0 Å². The molecule has 0 aliphatic heterocycles. The largest absolute Gasteiger partial charge is 0.350 e. The fourth-order valence-corrected chi connectivity index (χ4v) is 4.25. The van der Waals surface area contributed by atoms with Crippen LogP contribution in [0.2, 0.25) is 5.02 Å². The topological polar surface area (TPSA) is 49.4 Å². The van der Waals surface area contributed by atoms with Crippen LogP contribution in [0.4, 0.5) is 4.39 Å². The summed E-state index contributed by atoms with van der Waals surface area (Å²) < 4.78 is 13.6. The molecule has 0 saturated carbocycles. The molecule has 0 fully saturated rings. The van der Waals surface area contributed by atoms with Crippen molar-refractivity contribution < 1.29 is 14.0 Å². The molecule has 0 heterocycles. The molecule has 0 bridgehead atoms. The predicted octanol–water partition coefficient (Wildman–Crippen LogP) is 5.98. The van der Waals surface area contributed by atoms with Crippen LogP contribution in [-0.4, -0.2) is 22.8 Å². The molecule has 4 rings (SSSR count). The van der Waals surface area contributed by atoms with Crippen LogP contribution in [0.5, 0.6) is 0 Å². The van der Waals surface area contributed by atoms with E-state index in [0.717, 1.165) is 22.3 Å². The summed E-state index contributed by atoms with van der Waals surface area (Å²) in [5, 5.41) is 3.60. The summed E-state index contributed by atoms with van der Waals surface area (Å²) in [6, 6.07) is 31.6. The number of hydrogen-bond donors (Lipinski definition) is 1. The molecule has 1 atom stereocenters. The van der Waals surface area contributed by atoms with E-state index in [1.54, 1.807) is 41.3 Å². The third-order valence-electron chi connectivity index (χ3n) is 6.12. The minimum absolute atomic E-state index is 0.107. The second kappa shape index (κ2) is 12.8. The van der Waals surface area contributed by atoms with Crippen molar-refractivity contribution in [1.29, 1.82) is 0 Å². The van der Waals surface area contributed by atoms with E-state index in [4.69, 9.17) is 11.6 Å². The van der Waals surface area contributed by atoms with Crippen molar-refractivity contribution in [3.05, 3.63) is 142 Å². The molecule has 37 heavy (non-hydrogen) atoms. The molecule has 0 radical (unpaired) electrons. The van der Waals surface area contributed by atoms with Gasteiger partial charge in [-0.15, -0.1) is 0 Å². The van der Waals surface area contributed by atoms with E-state index in [1.807, 2.05) is 60.7 Å². The first-order valence-electron chi connectivity index (χ1n) is 12.1. The van der Waals surface area contributed by atoms with Gasteiger partial charge in [0.15, 0.2) is 0 Å². The molecule has 0 aliphatic carbocycles. The average Bonchev–Trinajstić information content (AvgIpc) is 2.92. The maximum Gasteiger partial charge on any atom is 0.243 e. The zero-order valence-electron chi connectivity index (χ0n) is 20.3. The molecular weight excluding hydrogens is 487 g/mol. The van der Waals surface area contributed by atoms with Gasteiger partial charge in [0.25, 0.3) is 0 Å². The van der Waals surface area contributed by atoms with Gasteiger partial charge in [-0.25, -0.2) is 4.39 Å². The van der Waals surface area contributed by atoms with Gasteiger partial charge in [0.1, 0.15) is 11.9 Å². The zero-order valence-corrected chi connectivity index (χ0v) is 21.1. The summed E-state index contributed by atoms with van der Waals surface area (Å²) in [6.45, 7) is 0.518. The number of amides is 2. The highest BCUT2D eigenvalue weighted by molar-refractivity contribution is 6.30. The van der Waals surface area contributed by atoms with Gasteiger partial charge < -0.3 is 10.2 Å². The van der Waals surface area contributed by atoms with E-state index >= 15 is 0 Å². The smallest absolute Gasteiger partial charge is 0.243 e. The van der Waals surface area contributed by atoms with Crippen LogP contribution in [0.25, 0.3) is 0 Å². The number of benzene rings is 4. The van der Waals surface area contributed by atoms with Crippen molar-refractivity contribution >= 4 is 23.4 Å². The van der Waals surface area contributed by atoms with Crippen molar-refractivity contribution in [2.45, 2.75) is 32.0 Å². The highest BCUT2D eigenvalue weighted by atomic mass is 35.5. The van der Waals surface area contributed by atoms with Crippen molar-refractivity contribution in [3.8, 4) is 0 Å². The molecule has 188 valence electrons. The molecule has 1 unspecified atom stereocenters. The maximum absolute atomic E-state index is 13.7. The van der Waals surface area contributed by atoms with Gasteiger partial charge in [-0.2, -0.15) is 0 Å². The lowest BCUT2D eigenvalue weighted by molar-refractivity contribution is -0.140. The van der Waals surface area contributed by atoms with Crippen LogP contribution >= 0.6 is 11.6 Å². The molecule has 4 nitrogen and oxygen atoms in total. The standard InChI is InChI=1S/C31H28ClFN2O2/c32-27-15-11-24(12-16-27)20-30(36)35(22-26-13-17-28(33)18-14-26)29(19-23-7-3-1-4-8-23)31(37)34-21-25-9-5-2-6-10-25/h1-18,29H,19-22H2,(H,34,37). The first-order valence-corrected chi connectivity index (χ1v) is 12.5. The number of hydrogen-bond acceptors (Lipinski definition) is 2. The Balaban J connectivity index is 1.64. The molecule has 1 N–H and O–H groups in total. The number of carbonyl (C=O) groups is 2. The molecule has 6 heteroatoms. The highest BCUT2D eigenvalue weighted by Crippen LogP contribution is 2.18. The van der Waals surface area contributed by atoms with Gasteiger partial charge in [-0.3, -0.25) is 9.59 Å². The van der Waals surface area contributed by atoms with Crippen molar-refractivity contribution in [2.75, 3.05) is 0 Å². The van der Waals surface area contributed by atoms with Gasteiger partial charge in [0, 0.05) is 24.5 Å². The monoisotopic (exact) mass is 514 g/mol. The summed E-state index contributed by atoms with van der Waals surface area (Å²) in [5.74, 6) is -0.814. The molecule has 0 aromatic heterocycles. The Morgan fingerprint density at radius 3 is 1.92 bits per heavy atom. The molecule has 0 aliphatic rings. The highest BCUT2D eigenvalue weighted by Gasteiger charge is 2.30. The molecule has 4 aromatic rings. The van der Waals surface area contributed by atoms with E-state index in [9.17, 15) is 14.0 Å². The predicted molar refractivity (Wildman–Crippen MR) is 144 cm³/mol. The van der Waals surface area contributed by atoms with Gasteiger partial charge in [0.05, 0.1) is 6.42 Å². The van der Waals surface area contributed by atoms with Gasteiger partial charge in [-0.05, 0) is 46.5 Å². The number of nitrogens with zero attached hydrogens (tertiary/aromatic N) is 1. The lowest BCUT2D eigenvalue weighted by atomic mass is 10.0. The molecule has 2 amide bonds. The lowest BCUT2D eigenvalue weighted by Crippen LogP contribution is -2.50. The second-order valence-corrected chi connectivity index (χ2v) is 9.30. The summed E-state index contributed by atoms with van der Waals surface area (Å²) in [6.07, 6.45) is 0.449. The van der Waals surface area contributed by atoms with E-state index in [1.165, 1.54) is 12.1 Å². The first-order chi connectivity index (χ1) is 18.0. The maximum atomic E-state index is 13.7. The van der Waals surface area contributed by atoms with Crippen LogP contribution in [0.15, 0.2) is 109 Å². The number of halogens is 2. The van der Waals surface area contributed by atoms with Crippen molar-refractivity contribution in [2.24, 2.45) is 0 Å². The summed E-state index contributed by atoms with van der Waals surface area (Å²) in [4.78, 5) is 28.9. The van der Waals surface area contributed by atoms with Crippen LogP contribution in [0, 0.1) is 5.82 Å². The minimum atomic E-state index is -0.768. The average molecular weight is 515 g/mol. The Morgan fingerprint density at radius 2 is 1.30 bits per heavy atom. The molecule has 0 spiro atoms. The summed E-state index contributed by atoms with van der Waals surface area (Å²) >= 11 is 6.02. The Labute approximate surface area is 221 Å². The van der Waals surface area contributed by atoms with Crippen LogP contribution in [-0.2, 0) is 35.5 Å². The lowest BCUT2D eigenvalue weighted by Gasteiger charge is -2.32. The zero-order chi connectivity index (χ0) is 26.0. The summed E-state index contributed by atoms with van der Waals surface area (Å²) in [7, 11) is 0. The molecular formula is C31H28ClFN2O2. The van der Waals surface area contributed by atoms with Crippen molar-refractivity contribution in [1.82, 2.24) is 10.2 Å². The van der Waals surface area contributed by atoms with Crippen LogP contribution in [0.1, 0.15) is 22.3 Å². The Morgan fingerprint density at radius 1 is 0.730 bits per heavy atom. The first kappa shape index (κ1) is 26.1. The second-order valence-electron chi connectivity index (χ2n) is 8.86. The third kappa shape index (κ3) is 7.76. The van der Waals surface area contributed by atoms with E-state index in [2.05, 4.69) is 5.32 Å². The van der Waals surface area contributed by atoms with Gasteiger partial charge in [-0.1, -0.05) is 96.5 Å². The third-order valence-corrected chi connectivity index (χ3v) is 6.37. The van der Waals surface area contributed by atoms with Crippen LogP contribution in [0.3, 0.4) is 0 Å². The fourth-order valence-electron chi connectivity index (χ4n) is 4.12. The van der Waals surface area contributed by atoms with E-state index in [-0.39, 0.29) is 30.6 Å². The van der Waals surface area contributed by atoms with Crippen LogP contribution < -0.4 is 5.32 Å².